The first-order valence-corrected chi connectivity index (χ1v) is 6.47. The van der Waals surface area contributed by atoms with Gasteiger partial charge in [-0.2, -0.15) is 0 Å². The maximum atomic E-state index is 12.4. The van der Waals surface area contributed by atoms with Crippen molar-refractivity contribution in [3.05, 3.63) is 35.4 Å². The summed E-state index contributed by atoms with van der Waals surface area (Å²) in [6, 6.07) is 6.79. The van der Waals surface area contributed by atoms with E-state index >= 15 is 0 Å². The van der Waals surface area contributed by atoms with Crippen LogP contribution in [0.4, 0.5) is 0 Å². The average molecular weight is 262 g/mol. The maximum absolute atomic E-state index is 12.4. The Bertz CT molecular complexity index is 499. The van der Waals surface area contributed by atoms with Crippen LogP contribution in [0.25, 0.3) is 0 Å². The zero-order valence-electron chi connectivity index (χ0n) is 11.3. The van der Waals surface area contributed by atoms with Gasteiger partial charge in [0.2, 0.25) is 5.91 Å². The number of likely N-dealkylation sites (N-methyl/N-ethyl adjacent to an activating group) is 1. The van der Waals surface area contributed by atoms with Crippen LogP contribution in [0.2, 0.25) is 0 Å². The van der Waals surface area contributed by atoms with Crippen LogP contribution in [-0.4, -0.2) is 36.3 Å². The molecule has 0 saturated heterocycles. The molecule has 1 aliphatic heterocycles. The number of fused-ring (bicyclic) bond motifs is 1. The number of carbonyl (C=O) groups is 2. The molecule has 0 fully saturated rings. The van der Waals surface area contributed by atoms with Gasteiger partial charge in [-0.3, -0.25) is 9.59 Å². The fraction of sp³-hybridized carbons (Fsp3) is 0.429. The highest BCUT2D eigenvalue weighted by atomic mass is 16.2. The highest BCUT2D eigenvalue weighted by molar-refractivity contribution is 5.90. The minimum atomic E-state index is -0.597. The van der Waals surface area contributed by atoms with Crippen LogP contribution < -0.4 is 11.1 Å². The summed E-state index contributed by atoms with van der Waals surface area (Å²) in [5.74, 6) is -0.276. The predicted molar refractivity (Wildman–Crippen MR) is 71.0 cm³/mol. The van der Waals surface area contributed by atoms with Gasteiger partial charge in [-0.15, -0.1) is 0 Å². The predicted octanol–water partition coefficient (Wildman–Crippen LogP) is -0.511. The van der Waals surface area contributed by atoms with Gasteiger partial charge in [-0.25, -0.2) is 0 Å². The van der Waals surface area contributed by atoms with Gasteiger partial charge < -0.3 is 16.0 Å². The molecule has 4 N–H and O–H groups in total. The highest BCUT2D eigenvalue weighted by Gasteiger charge is 2.31. The zero-order valence-corrected chi connectivity index (χ0v) is 11.3. The molecule has 0 bridgehead atoms. The molecule has 19 heavy (non-hydrogen) atoms. The summed E-state index contributed by atoms with van der Waals surface area (Å²) in [5, 5.41) is 2.80. The van der Waals surface area contributed by atoms with E-state index in [9.17, 15) is 9.59 Å². The summed E-state index contributed by atoms with van der Waals surface area (Å²) in [4.78, 5) is 25.9. The van der Waals surface area contributed by atoms with Crippen LogP contribution in [0, 0.1) is 0 Å². The van der Waals surface area contributed by atoms with Gasteiger partial charge in [-0.05, 0) is 24.5 Å². The lowest BCUT2D eigenvalue weighted by atomic mass is 9.99. The molecule has 1 heterocycles. The minimum Gasteiger partial charge on any atom is -0.348 e. The molecule has 2 atom stereocenters. The van der Waals surface area contributed by atoms with E-state index < -0.39 is 6.04 Å². The minimum absolute atomic E-state index is 0.0704. The smallest absolute Gasteiger partial charge is 0.278 e. The topological polar surface area (TPSA) is 77.0 Å². The Balaban J connectivity index is 2.36. The number of nitrogens with zero attached hydrogens (tertiary/aromatic N) is 1. The molecular formula is C14H20N3O2+. The summed E-state index contributed by atoms with van der Waals surface area (Å²) in [5.41, 5.74) is 5.70. The van der Waals surface area contributed by atoms with E-state index in [4.69, 9.17) is 0 Å². The molecule has 2 amide bonds. The van der Waals surface area contributed by atoms with E-state index in [2.05, 4.69) is 11.1 Å². The first-order valence-electron chi connectivity index (χ1n) is 6.47. The van der Waals surface area contributed by atoms with E-state index in [1.165, 1.54) is 0 Å². The van der Waals surface area contributed by atoms with E-state index in [1.54, 1.807) is 18.9 Å². The largest absolute Gasteiger partial charge is 0.348 e. The van der Waals surface area contributed by atoms with Gasteiger partial charge in [0.25, 0.3) is 5.91 Å². The molecule has 5 nitrogen and oxygen atoms in total. The van der Waals surface area contributed by atoms with E-state index in [0.29, 0.717) is 6.54 Å². The molecule has 5 heteroatoms. The van der Waals surface area contributed by atoms with Crippen molar-refractivity contribution in [1.82, 2.24) is 10.2 Å². The van der Waals surface area contributed by atoms with Crippen molar-refractivity contribution in [2.45, 2.75) is 25.4 Å². The van der Waals surface area contributed by atoms with Crippen molar-refractivity contribution in [2.24, 2.45) is 0 Å². The van der Waals surface area contributed by atoms with Gasteiger partial charge in [0.05, 0.1) is 0 Å². The normalized spacial score (nSPS) is 20.5. The molecule has 1 aromatic carbocycles. The van der Waals surface area contributed by atoms with Crippen LogP contribution in [0.1, 0.15) is 24.1 Å². The van der Waals surface area contributed by atoms with Gasteiger partial charge in [-0.1, -0.05) is 24.3 Å². The molecule has 0 unspecified atom stereocenters. The Morgan fingerprint density at radius 1 is 1.47 bits per heavy atom. The van der Waals surface area contributed by atoms with Crippen LogP contribution in [0.15, 0.2) is 24.3 Å². The highest BCUT2D eigenvalue weighted by Crippen LogP contribution is 2.24. The number of quaternary nitrogens is 1. The summed E-state index contributed by atoms with van der Waals surface area (Å²) in [7, 11) is 1.76. The monoisotopic (exact) mass is 262 g/mol. The molecule has 1 aliphatic rings. The van der Waals surface area contributed by atoms with Crippen molar-refractivity contribution < 1.29 is 15.3 Å². The third-order valence-electron chi connectivity index (χ3n) is 3.44. The number of nitrogens with one attached hydrogen (secondary N) is 1. The Hall–Kier alpha value is -1.88. The number of benzene rings is 1. The Kier molecular flexibility index (Phi) is 3.85. The molecule has 102 valence electrons. The lowest BCUT2D eigenvalue weighted by Gasteiger charge is -2.22. The maximum Gasteiger partial charge on any atom is 0.278 e. The molecule has 0 spiro atoms. The summed E-state index contributed by atoms with van der Waals surface area (Å²) in [6.45, 7) is 2.38. The molecule has 0 aromatic heterocycles. The third-order valence-corrected chi connectivity index (χ3v) is 3.44. The molecule has 0 aliphatic carbocycles. The first-order chi connectivity index (χ1) is 9.00. The number of carbonyl (C=O) groups excluding carboxylic acids is 2. The molecular weight excluding hydrogens is 242 g/mol. The van der Waals surface area contributed by atoms with Gasteiger partial charge in [0.15, 0.2) is 6.04 Å². The second kappa shape index (κ2) is 5.40. The van der Waals surface area contributed by atoms with Crippen molar-refractivity contribution in [3.8, 4) is 0 Å². The molecule has 1 aromatic rings. The van der Waals surface area contributed by atoms with Crippen LogP contribution in [0.5, 0.6) is 0 Å². The first kappa shape index (κ1) is 13.5. The number of hydrogen-bond donors (Lipinski definition) is 2. The van der Waals surface area contributed by atoms with Gasteiger partial charge >= 0.3 is 0 Å². The fourth-order valence-electron chi connectivity index (χ4n) is 2.22. The van der Waals surface area contributed by atoms with Crippen molar-refractivity contribution >= 4 is 11.8 Å². The van der Waals surface area contributed by atoms with Crippen molar-refractivity contribution in [3.63, 3.8) is 0 Å². The lowest BCUT2D eigenvalue weighted by Crippen LogP contribution is -2.66. The zero-order chi connectivity index (χ0) is 14.0. The van der Waals surface area contributed by atoms with Crippen LogP contribution in [-0.2, 0) is 16.0 Å². The van der Waals surface area contributed by atoms with E-state index in [-0.39, 0.29) is 17.9 Å². The van der Waals surface area contributed by atoms with Gasteiger partial charge in [0.1, 0.15) is 6.04 Å². The number of rotatable bonds is 2. The standard InChI is InChI=1S/C14H19N3O2/c1-9(15)13(18)16-12-11-6-4-3-5-10(11)7-8-17(2)14(12)19/h3-6,9,12H,7-8,15H2,1-2H3,(H,16,18)/p+1/t9-,12-/m0/s1. The Morgan fingerprint density at radius 3 is 2.84 bits per heavy atom. The average Bonchev–Trinajstić information content (AvgIpc) is 2.51. The fourth-order valence-corrected chi connectivity index (χ4v) is 2.22. The van der Waals surface area contributed by atoms with Crippen LogP contribution >= 0.6 is 0 Å². The second-order valence-electron chi connectivity index (χ2n) is 5.05. The molecule has 0 saturated carbocycles. The third kappa shape index (κ3) is 2.76. The number of amides is 2. The Morgan fingerprint density at radius 2 is 2.16 bits per heavy atom. The van der Waals surface area contributed by atoms with Crippen molar-refractivity contribution in [1.29, 1.82) is 0 Å². The SMILES string of the molecule is C[C@H]([NH3+])C(=O)N[C@@H]1C(=O)N(C)CCc2ccccc21. The van der Waals surface area contributed by atoms with Crippen LogP contribution in [0.3, 0.4) is 0 Å². The van der Waals surface area contributed by atoms with Crippen molar-refractivity contribution in [2.75, 3.05) is 13.6 Å². The van der Waals surface area contributed by atoms with E-state index in [1.807, 2.05) is 24.3 Å². The quantitative estimate of drug-likeness (QED) is 0.753. The second-order valence-corrected chi connectivity index (χ2v) is 5.05. The summed E-state index contributed by atoms with van der Waals surface area (Å²) < 4.78 is 0. The Labute approximate surface area is 112 Å². The van der Waals surface area contributed by atoms with Gasteiger partial charge in [0, 0.05) is 13.6 Å². The lowest BCUT2D eigenvalue weighted by molar-refractivity contribution is -0.398. The summed E-state index contributed by atoms with van der Waals surface area (Å²) in [6.07, 6.45) is 0.810. The molecule has 2 rings (SSSR count). The van der Waals surface area contributed by atoms with E-state index in [0.717, 1.165) is 17.5 Å². The molecule has 0 radical (unpaired) electrons. The number of hydrogen-bond acceptors (Lipinski definition) is 2. The summed E-state index contributed by atoms with van der Waals surface area (Å²) >= 11 is 0.